The van der Waals surface area contributed by atoms with Crippen molar-refractivity contribution in [3.05, 3.63) is 29.8 Å². The Morgan fingerprint density at radius 1 is 1.28 bits per heavy atom. The SMILES string of the molecule is CCc1ccccc1NC(=O)CC1CCCN(C(=O)NCC(C)C)C1. The minimum atomic E-state index is -0.00450. The molecular weight excluding hydrogens is 314 g/mol. The lowest BCUT2D eigenvalue weighted by atomic mass is 9.94. The lowest BCUT2D eigenvalue weighted by Crippen LogP contribution is -2.46. The van der Waals surface area contributed by atoms with Gasteiger partial charge in [0.05, 0.1) is 0 Å². The Bertz CT molecular complexity index is 586. The fourth-order valence-corrected chi connectivity index (χ4v) is 3.23. The van der Waals surface area contributed by atoms with Gasteiger partial charge < -0.3 is 15.5 Å². The van der Waals surface area contributed by atoms with E-state index in [2.05, 4.69) is 31.4 Å². The number of aryl methyl sites for hydroxylation is 1. The highest BCUT2D eigenvalue weighted by molar-refractivity contribution is 5.91. The van der Waals surface area contributed by atoms with E-state index in [9.17, 15) is 9.59 Å². The summed E-state index contributed by atoms with van der Waals surface area (Å²) in [5.74, 6) is 0.705. The van der Waals surface area contributed by atoms with Crippen LogP contribution in [0.4, 0.5) is 10.5 Å². The highest BCUT2D eigenvalue weighted by Gasteiger charge is 2.25. The van der Waals surface area contributed by atoms with Crippen LogP contribution in [0.25, 0.3) is 0 Å². The monoisotopic (exact) mass is 345 g/mol. The second-order valence-corrected chi connectivity index (χ2v) is 7.30. The number of urea groups is 1. The first-order valence-corrected chi connectivity index (χ1v) is 9.40. The van der Waals surface area contributed by atoms with Crippen LogP contribution in [-0.4, -0.2) is 36.5 Å². The normalized spacial score (nSPS) is 17.4. The summed E-state index contributed by atoms with van der Waals surface area (Å²) < 4.78 is 0. The highest BCUT2D eigenvalue weighted by Crippen LogP contribution is 2.22. The summed E-state index contributed by atoms with van der Waals surface area (Å²) in [6.45, 7) is 8.37. The Hall–Kier alpha value is -2.04. The van der Waals surface area contributed by atoms with Crippen LogP contribution in [0.3, 0.4) is 0 Å². The lowest BCUT2D eigenvalue weighted by Gasteiger charge is -2.32. The summed E-state index contributed by atoms with van der Waals surface area (Å²) >= 11 is 0. The minimum absolute atomic E-state index is 0.00450. The molecule has 1 unspecified atom stereocenters. The number of amides is 3. The van der Waals surface area contributed by atoms with Crippen molar-refractivity contribution in [2.75, 3.05) is 25.0 Å². The van der Waals surface area contributed by atoms with Crippen LogP contribution >= 0.6 is 0 Å². The average molecular weight is 345 g/mol. The van der Waals surface area contributed by atoms with Crippen molar-refractivity contribution >= 4 is 17.6 Å². The first kappa shape index (κ1) is 19.3. The molecule has 0 bridgehead atoms. The number of rotatable bonds is 6. The molecule has 2 rings (SSSR count). The molecule has 0 aliphatic carbocycles. The predicted molar refractivity (Wildman–Crippen MR) is 102 cm³/mol. The maximum atomic E-state index is 12.4. The van der Waals surface area contributed by atoms with Gasteiger partial charge in [0, 0.05) is 31.7 Å². The van der Waals surface area contributed by atoms with E-state index in [1.807, 2.05) is 29.2 Å². The lowest BCUT2D eigenvalue weighted by molar-refractivity contribution is -0.117. The molecule has 1 atom stereocenters. The molecule has 3 amide bonds. The predicted octanol–water partition coefficient (Wildman–Crippen LogP) is 3.66. The van der Waals surface area contributed by atoms with Crippen LogP contribution < -0.4 is 10.6 Å². The molecule has 1 aromatic rings. The van der Waals surface area contributed by atoms with Gasteiger partial charge in [0.2, 0.25) is 5.91 Å². The molecule has 5 nitrogen and oxygen atoms in total. The van der Waals surface area contributed by atoms with Gasteiger partial charge in [-0.25, -0.2) is 4.79 Å². The van der Waals surface area contributed by atoms with Gasteiger partial charge in [-0.1, -0.05) is 39.0 Å². The zero-order chi connectivity index (χ0) is 18.2. The van der Waals surface area contributed by atoms with E-state index < -0.39 is 0 Å². The molecule has 2 N–H and O–H groups in total. The molecule has 25 heavy (non-hydrogen) atoms. The third-order valence-electron chi connectivity index (χ3n) is 4.61. The van der Waals surface area contributed by atoms with Crippen molar-refractivity contribution in [3.63, 3.8) is 0 Å². The molecule has 5 heteroatoms. The molecule has 0 spiro atoms. The first-order valence-electron chi connectivity index (χ1n) is 9.40. The Kier molecular flexibility index (Phi) is 7.29. The molecule has 138 valence electrons. The van der Waals surface area contributed by atoms with E-state index >= 15 is 0 Å². The second kappa shape index (κ2) is 9.44. The third-order valence-corrected chi connectivity index (χ3v) is 4.61. The Morgan fingerprint density at radius 2 is 2.04 bits per heavy atom. The molecule has 0 aromatic heterocycles. The van der Waals surface area contributed by atoms with Crippen molar-refractivity contribution in [2.45, 2.75) is 46.5 Å². The van der Waals surface area contributed by atoms with Crippen LogP contribution in [-0.2, 0) is 11.2 Å². The number of benzene rings is 1. The van der Waals surface area contributed by atoms with Gasteiger partial charge in [0.25, 0.3) is 0 Å². The number of piperidine rings is 1. The Labute approximate surface area is 151 Å². The van der Waals surface area contributed by atoms with E-state index in [1.165, 1.54) is 0 Å². The van der Waals surface area contributed by atoms with E-state index in [-0.39, 0.29) is 17.9 Å². The first-order chi connectivity index (χ1) is 12.0. The number of nitrogens with one attached hydrogen (secondary N) is 2. The van der Waals surface area contributed by atoms with Crippen molar-refractivity contribution in [2.24, 2.45) is 11.8 Å². The number of carbonyl (C=O) groups excluding carboxylic acids is 2. The van der Waals surface area contributed by atoms with E-state index in [1.54, 1.807) is 0 Å². The molecule has 1 saturated heterocycles. The average Bonchev–Trinajstić information content (AvgIpc) is 2.60. The molecule has 1 aromatic carbocycles. The van der Waals surface area contributed by atoms with Gasteiger partial charge in [0.1, 0.15) is 0 Å². The largest absolute Gasteiger partial charge is 0.338 e. The quantitative estimate of drug-likeness (QED) is 0.826. The van der Waals surface area contributed by atoms with Gasteiger partial charge in [-0.15, -0.1) is 0 Å². The van der Waals surface area contributed by atoms with Crippen LogP contribution in [0.15, 0.2) is 24.3 Å². The van der Waals surface area contributed by atoms with E-state index in [0.29, 0.717) is 25.4 Å². The van der Waals surface area contributed by atoms with Gasteiger partial charge >= 0.3 is 6.03 Å². The summed E-state index contributed by atoms with van der Waals surface area (Å²) in [6, 6.07) is 7.91. The summed E-state index contributed by atoms with van der Waals surface area (Å²) in [4.78, 5) is 26.5. The van der Waals surface area contributed by atoms with Gasteiger partial charge in [-0.05, 0) is 42.7 Å². The van der Waals surface area contributed by atoms with E-state index in [0.717, 1.165) is 37.1 Å². The fourth-order valence-electron chi connectivity index (χ4n) is 3.23. The van der Waals surface area contributed by atoms with Gasteiger partial charge in [-0.2, -0.15) is 0 Å². The standard InChI is InChI=1S/C20H31N3O2/c1-4-17-9-5-6-10-18(17)22-19(24)12-16-8-7-11-23(14-16)20(25)21-13-15(2)3/h5-6,9-10,15-16H,4,7-8,11-14H2,1-3H3,(H,21,25)(H,22,24). The molecule has 1 aliphatic heterocycles. The van der Waals surface area contributed by atoms with Crippen LogP contribution in [0.1, 0.15) is 45.6 Å². The zero-order valence-electron chi connectivity index (χ0n) is 15.7. The Morgan fingerprint density at radius 3 is 2.76 bits per heavy atom. The highest BCUT2D eigenvalue weighted by atomic mass is 16.2. The number of likely N-dealkylation sites (tertiary alicyclic amines) is 1. The molecule has 0 radical (unpaired) electrons. The van der Waals surface area contributed by atoms with Crippen molar-refractivity contribution < 1.29 is 9.59 Å². The van der Waals surface area contributed by atoms with Crippen molar-refractivity contribution in [1.29, 1.82) is 0 Å². The van der Waals surface area contributed by atoms with Crippen LogP contribution in [0, 0.1) is 11.8 Å². The van der Waals surface area contributed by atoms with Crippen molar-refractivity contribution in [3.8, 4) is 0 Å². The number of hydrogen-bond acceptors (Lipinski definition) is 2. The van der Waals surface area contributed by atoms with Gasteiger partial charge in [0.15, 0.2) is 0 Å². The maximum absolute atomic E-state index is 12.4. The topological polar surface area (TPSA) is 61.4 Å². The Balaban J connectivity index is 1.85. The zero-order valence-corrected chi connectivity index (χ0v) is 15.7. The summed E-state index contributed by atoms with van der Waals surface area (Å²) in [5.41, 5.74) is 2.05. The molecule has 1 heterocycles. The molecule has 1 fully saturated rings. The number of para-hydroxylation sites is 1. The van der Waals surface area contributed by atoms with Crippen molar-refractivity contribution in [1.82, 2.24) is 10.2 Å². The maximum Gasteiger partial charge on any atom is 0.317 e. The third kappa shape index (κ3) is 6.07. The molecule has 1 aliphatic rings. The second-order valence-electron chi connectivity index (χ2n) is 7.30. The van der Waals surface area contributed by atoms with E-state index in [4.69, 9.17) is 0 Å². The number of hydrogen-bond donors (Lipinski definition) is 2. The van der Waals surface area contributed by atoms with Crippen LogP contribution in [0.2, 0.25) is 0 Å². The molecular formula is C20H31N3O2. The van der Waals surface area contributed by atoms with Gasteiger partial charge in [-0.3, -0.25) is 4.79 Å². The smallest absolute Gasteiger partial charge is 0.317 e. The summed E-state index contributed by atoms with van der Waals surface area (Å²) in [7, 11) is 0. The fraction of sp³-hybridized carbons (Fsp3) is 0.600. The van der Waals surface area contributed by atoms with Crippen LogP contribution in [0.5, 0.6) is 0 Å². The summed E-state index contributed by atoms with van der Waals surface area (Å²) in [6.07, 6.45) is 3.31. The number of carbonyl (C=O) groups is 2. The molecule has 0 saturated carbocycles. The minimum Gasteiger partial charge on any atom is -0.338 e. The number of nitrogens with zero attached hydrogens (tertiary/aromatic N) is 1. The number of anilines is 1. The summed E-state index contributed by atoms with van der Waals surface area (Å²) in [5, 5.41) is 6.00.